The maximum absolute atomic E-state index is 12.8. The minimum Gasteiger partial charge on any atom is -0.329 e. The second kappa shape index (κ2) is 8.24. The molecule has 0 spiro atoms. The number of thiophene rings is 1. The first-order valence-corrected chi connectivity index (χ1v) is 12.0. The highest BCUT2D eigenvalue weighted by molar-refractivity contribution is 7.91. The summed E-state index contributed by atoms with van der Waals surface area (Å²) >= 11 is 1.20. The smallest absolute Gasteiger partial charge is 0.252 e. The van der Waals surface area contributed by atoms with Gasteiger partial charge in [-0.15, -0.1) is 11.3 Å². The van der Waals surface area contributed by atoms with Crippen LogP contribution in [0.2, 0.25) is 0 Å². The van der Waals surface area contributed by atoms with Crippen LogP contribution in [-0.2, 0) is 26.5 Å². The van der Waals surface area contributed by atoms with Crippen LogP contribution in [-0.4, -0.2) is 52.6 Å². The fourth-order valence-electron chi connectivity index (χ4n) is 2.70. The summed E-state index contributed by atoms with van der Waals surface area (Å²) in [6.07, 6.45) is 3.13. The molecular weight excluding hydrogens is 370 g/mol. The van der Waals surface area contributed by atoms with E-state index in [1.165, 1.54) is 15.6 Å². The molecule has 7 nitrogen and oxygen atoms in total. The lowest BCUT2D eigenvalue weighted by Crippen LogP contribution is -2.47. The molecule has 1 aromatic rings. The molecule has 1 aliphatic heterocycles. The molecular formula is C14H25N3O4S3. The van der Waals surface area contributed by atoms with Crippen molar-refractivity contribution in [3.63, 3.8) is 0 Å². The predicted octanol–water partition coefficient (Wildman–Crippen LogP) is 0.732. The van der Waals surface area contributed by atoms with Crippen molar-refractivity contribution in [2.24, 2.45) is 5.73 Å². The van der Waals surface area contributed by atoms with Crippen molar-refractivity contribution in [3.8, 4) is 0 Å². The number of nitrogens with two attached hydrogens (primary N) is 1. The number of hydrogen-bond donors (Lipinski definition) is 2. The summed E-state index contributed by atoms with van der Waals surface area (Å²) in [4.78, 5) is 0.841. The lowest BCUT2D eigenvalue weighted by Gasteiger charge is -2.33. The second-order valence-electron chi connectivity index (χ2n) is 5.77. The van der Waals surface area contributed by atoms with E-state index in [1.54, 1.807) is 19.1 Å². The predicted molar refractivity (Wildman–Crippen MR) is 96.1 cm³/mol. The standard InChI is InChI=1S/C14H25N3O4S3/c1-2-23(18,19)16-9-8-13-6-7-14(22-13)24(20,21)17-10-4-3-5-12(17)11-15/h6-7,12,16H,2-5,8-11,15H2,1H3. The molecule has 1 unspecified atom stereocenters. The van der Waals surface area contributed by atoms with Crippen LogP contribution in [0.3, 0.4) is 0 Å². The molecule has 10 heteroatoms. The molecule has 1 saturated heterocycles. The largest absolute Gasteiger partial charge is 0.329 e. The average Bonchev–Trinajstić information content (AvgIpc) is 3.04. The number of piperidine rings is 1. The molecule has 3 N–H and O–H groups in total. The molecule has 2 rings (SSSR count). The zero-order valence-corrected chi connectivity index (χ0v) is 16.2. The Hall–Kier alpha value is -0.520. The van der Waals surface area contributed by atoms with Gasteiger partial charge in [-0.05, 0) is 38.3 Å². The molecule has 0 aromatic carbocycles. The van der Waals surface area contributed by atoms with Gasteiger partial charge in [0.15, 0.2) is 0 Å². The summed E-state index contributed by atoms with van der Waals surface area (Å²) in [6, 6.07) is 3.22. The Morgan fingerprint density at radius 3 is 2.71 bits per heavy atom. The molecule has 1 aromatic heterocycles. The molecule has 0 amide bonds. The van der Waals surface area contributed by atoms with Crippen molar-refractivity contribution in [1.82, 2.24) is 9.03 Å². The number of nitrogens with one attached hydrogen (secondary N) is 1. The quantitative estimate of drug-likeness (QED) is 0.674. The second-order valence-corrected chi connectivity index (χ2v) is 11.2. The Morgan fingerprint density at radius 2 is 2.04 bits per heavy atom. The van der Waals surface area contributed by atoms with E-state index < -0.39 is 20.0 Å². The first kappa shape index (κ1) is 19.8. The van der Waals surface area contributed by atoms with Gasteiger partial charge in [-0.25, -0.2) is 21.6 Å². The van der Waals surface area contributed by atoms with Gasteiger partial charge < -0.3 is 5.73 Å². The molecule has 0 aliphatic carbocycles. The summed E-state index contributed by atoms with van der Waals surface area (Å²) < 4.78 is 52.8. The molecule has 0 radical (unpaired) electrons. The van der Waals surface area contributed by atoms with Crippen molar-refractivity contribution in [1.29, 1.82) is 0 Å². The average molecular weight is 396 g/mol. The highest BCUT2D eigenvalue weighted by atomic mass is 32.2. The van der Waals surface area contributed by atoms with Gasteiger partial charge in [0.1, 0.15) is 4.21 Å². The third kappa shape index (κ3) is 4.77. The topological polar surface area (TPSA) is 110 Å². The van der Waals surface area contributed by atoms with E-state index in [1.807, 2.05) is 0 Å². The molecule has 0 saturated carbocycles. The minimum absolute atomic E-state index is 0.0342. The number of sulfonamides is 2. The van der Waals surface area contributed by atoms with E-state index in [-0.39, 0.29) is 18.3 Å². The monoisotopic (exact) mass is 395 g/mol. The summed E-state index contributed by atoms with van der Waals surface area (Å²) in [5, 5.41) is 0. The van der Waals surface area contributed by atoms with Crippen LogP contribution in [0, 0.1) is 0 Å². The summed E-state index contributed by atoms with van der Waals surface area (Å²) in [5.41, 5.74) is 5.73. The van der Waals surface area contributed by atoms with Gasteiger partial charge in [0, 0.05) is 30.6 Å². The van der Waals surface area contributed by atoms with Crippen LogP contribution < -0.4 is 10.5 Å². The Morgan fingerprint density at radius 1 is 1.29 bits per heavy atom. The van der Waals surface area contributed by atoms with E-state index in [0.717, 1.165) is 24.1 Å². The zero-order chi connectivity index (χ0) is 17.8. The maximum atomic E-state index is 12.8. The summed E-state index contributed by atoms with van der Waals surface area (Å²) in [7, 11) is -6.75. The van der Waals surface area contributed by atoms with Crippen molar-refractivity contribution in [2.75, 3.05) is 25.4 Å². The van der Waals surface area contributed by atoms with Crippen LogP contribution in [0.25, 0.3) is 0 Å². The lowest BCUT2D eigenvalue weighted by atomic mass is 10.1. The van der Waals surface area contributed by atoms with Gasteiger partial charge in [-0.2, -0.15) is 4.31 Å². The Labute approximate surface area is 148 Å². The van der Waals surface area contributed by atoms with Crippen molar-refractivity contribution >= 4 is 31.4 Å². The van der Waals surface area contributed by atoms with Crippen molar-refractivity contribution < 1.29 is 16.8 Å². The van der Waals surface area contributed by atoms with Crippen molar-refractivity contribution in [2.45, 2.75) is 42.9 Å². The van der Waals surface area contributed by atoms with Crippen molar-refractivity contribution in [3.05, 3.63) is 17.0 Å². The van der Waals surface area contributed by atoms with Crippen LogP contribution in [0.1, 0.15) is 31.1 Å². The highest BCUT2D eigenvalue weighted by Crippen LogP contribution is 2.29. The van der Waals surface area contributed by atoms with Gasteiger partial charge in [0.2, 0.25) is 10.0 Å². The molecule has 24 heavy (non-hydrogen) atoms. The van der Waals surface area contributed by atoms with E-state index in [4.69, 9.17) is 5.73 Å². The third-order valence-corrected chi connectivity index (χ3v) is 9.09. The molecule has 2 heterocycles. The Balaban J connectivity index is 2.06. The van der Waals surface area contributed by atoms with E-state index in [9.17, 15) is 16.8 Å². The third-order valence-electron chi connectivity index (χ3n) is 4.12. The van der Waals surface area contributed by atoms with Crippen LogP contribution in [0.15, 0.2) is 16.3 Å². The van der Waals surface area contributed by atoms with Gasteiger partial charge in [0.05, 0.1) is 5.75 Å². The first-order chi connectivity index (χ1) is 11.3. The molecule has 1 atom stereocenters. The number of nitrogens with zero attached hydrogens (tertiary/aromatic N) is 1. The molecule has 1 fully saturated rings. The van der Waals surface area contributed by atoms with Crippen LogP contribution in [0.4, 0.5) is 0 Å². The van der Waals surface area contributed by atoms with Gasteiger partial charge in [-0.1, -0.05) is 6.42 Å². The van der Waals surface area contributed by atoms with E-state index >= 15 is 0 Å². The normalized spacial score (nSPS) is 20.3. The van der Waals surface area contributed by atoms with Crippen LogP contribution >= 0.6 is 11.3 Å². The van der Waals surface area contributed by atoms with Crippen LogP contribution in [0.5, 0.6) is 0 Å². The first-order valence-electron chi connectivity index (χ1n) is 8.08. The number of hydrogen-bond acceptors (Lipinski definition) is 6. The fourth-order valence-corrected chi connectivity index (χ4v) is 6.51. The number of rotatable bonds is 8. The highest BCUT2D eigenvalue weighted by Gasteiger charge is 2.33. The zero-order valence-electron chi connectivity index (χ0n) is 13.8. The Bertz CT molecular complexity index is 743. The SMILES string of the molecule is CCS(=O)(=O)NCCc1ccc(S(=O)(=O)N2CCCCC2CN)s1. The molecule has 1 aliphatic rings. The molecule has 0 bridgehead atoms. The van der Waals surface area contributed by atoms with E-state index in [0.29, 0.717) is 23.7 Å². The van der Waals surface area contributed by atoms with Gasteiger partial charge in [0.25, 0.3) is 10.0 Å². The Kier molecular flexibility index (Phi) is 6.80. The van der Waals surface area contributed by atoms with Gasteiger partial charge in [-0.3, -0.25) is 0 Å². The lowest BCUT2D eigenvalue weighted by molar-refractivity contribution is 0.258. The maximum Gasteiger partial charge on any atom is 0.252 e. The summed E-state index contributed by atoms with van der Waals surface area (Å²) in [6.45, 7) is 2.68. The van der Waals surface area contributed by atoms with Gasteiger partial charge >= 0.3 is 0 Å². The molecule has 138 valence electrons. The fraction of sp³-hybridized carbons (Fsp3) is 0.714. The summed E-state index contributed by atoms with van der Waals surface area (Å²) in [5.74, 6) is 0.0342. The van der Waals surface area contributed by atoms with E-state index in [2.05, 4.69) is 4.72 Å². The minimum atomic E-state index is -3.53.